The summed E-state index contributed by atoms with van der Waals surface area (Å²) in [6.07, 6.45) is 3.96. The Balaban J connectivity index is 1.39. The molecule has 0 unspecified atom stereocenters. The van der Waals surface area contributed by atoms with Gasteiger partial charge in [-0.3, -0.25) is 4.79 Å². The van der Waals surface area contributed by atoms with E-state index >= 15 is 0 Å². The van der Waals surface area contributed by atoms with Crippen LogP contribution in [0.4, 0.5) is 0 Å². The number of carbonyl (C=O) groups is 1. The van der Waals surface area contributed by atoms with Crippen molar-refractivity contribution >= 4 is 5.91 Å². The number of benzene rings is 2. The smallest absolute Gasteiger partial charge is 0.267 e. The Morgan fingerprint density at radius 2 is 1.90 bits per heavy atom. The highest BCUT2D eigenvalue weighted by molar-refractivity contribution is 5.82. The maximum atomic E-state index is 13.5. The number of aryl methyl sites for hydroxylation is 1. The molecule has 0 spiro atoms. The average molecular weight is 389 g/mol. The molecule has 148 valence electrons. The van der Waals surface area contributed by atoms with E-state index < -0.39 is 6.10 Å². The summed E-state index contributed by atoms with van der Waals surface area (Å²) >= 11 is 0. The molecule has 2 aliphatic rings. The van der Waals surface area contributed by atoms with Crippen LogP contribution in [-0.4, -0.2) is 39.1 Å². The summed E-state index contributed by atoms with van der Waals surface area (Å²) in [6.45, 7) is 0.674. The number of hydrogen-bond donors (Lipinski definition) is 0. The molecule has 6 nitrogen and oxygen atoms in total. The monoisotopic (exact) mass is 389 g/mol. The van der Waals surface area contributed by atoms with Gasteiger partial charge in [0.2, 0.25) is 6.10 Å². The molecule has 0 N–H and O–H groups in total. The largest absolute Gasteiger partial charge is 0.485 e. The number of para-hydroxylation sites is 2. The van der Waals surface area contributed by atoms with Crippen molar-refractivity contribution in [2.24, 2.45) is 7.05 Å². The Bertz CT molecular complexity index is 1020. The first-order chi connectivity index (χ1) is 14.2. The summed E-state index contributed by atoms with van der Waals surface area (Å²) in [5.41, 5.74) is 1.27. The van der Waals surface area contributed by atoms with Crippen molar-refractivity contribution in [2.75, 3.05) is 6.61 Å². The Morgan fingerprint density at radius 3 is 2.66 bits per heavy atom. The number of hydrogen-bond acceptors (Lipinski definition) is 4. The SMILES string of the molecule is Cn1ccnc1CN(C(=O)[C@@H]1COc2ccccc2O1)[C@H]1C[C@@H]1c1ccccc1. The third-order valence-corrected chi connectivity index (χ3v) is 5.68. The molecular weight excluding hydrogens is 366 g/mol. The zero-order valence-corrected chi connectivity index (χ0v) is 16.3. The van der Waals surface area contributed by atoms with E-state index in [2.05, 4.69) is 17.1 Å². The second-order valence-corrected chi connectivity index (χ2v) is 7.60. The molecule has 0 radical (unpaired) electrons. The molecule has 5 rings (SSSR count). The molecule has 6 heteroatoms. The lowest BCUT2D eigenvalue weighted by molar-refractivity contribution is -0.142. The van der Waals surface area contributed by atoms with E-state index in [-0.39, 0.29) is 18.6 Å². The highest BCUT2D eigenvalue weighted by Crippen LogP contribution is 2.45. The van der Waals surface area contributed by atoms with E-state index in [9.17, 15) is 4.79 Å². The minimum absolute atomic E-state index is 0.0501. The van der Waals surface area contributed by atoms with Gasteiger partial charge in [0, 0.05) is 31.4 Å². The van der Waals surface area contributed by atoms with Crippen LogP contribution in [0, 0.1) is 0 Å². The summed E-state index contributed by atoms with van der Waals surface area (Å²) in [6, 6.07) is 18.0. The molecule has 1 aliphatic carbocycles. The van der Waals surface area contributed by atoms with Crippen LogP contribution in [0.5, 0.6) is 11.5 Å². The molecule has 0 saturated heterocycles. The van der Waals surface area contributed by atoms with E-state index in [1.54, 1.807) is 6.20 Å². The van der Waals surface area contributed by atoms with Gasteiger partial charge in [-0.25, -0.2) is 4.98 Å². The van der Waals surface area contributed by atoms with Gasteiger partial charge in [0.15, 0.2) is 11.5 Å². The first kappa shape index (κ1) is 17.8. The highest BCUT2D eigenvalue weighted by Gasteiger charge is 2.47. The quantitative estimate of drug-likeness (QED) is 0.673. The molecule has 0 bridgehead atoms. The Morgan fingerprint density at radius 1 is 1.14 bits per heavy atom. The topological polar surface area (TPSA) is 56.6 Å². The third-order valence-electron chi connectivity index (χ3n) is 5.68. The Labute approximate surface area is 169 Å². The highest BCUT2D eigenvalue weighted by atomic mass is 16.6. The molecule has 2 heterocycles. The van der Waals surface area contributed by atoms with Crippen LogP contribution in [0.1, 0.15) is 23.7 Å². The molecule has 29 heavy (non-hydrogen) atoms. The number of amides is 1. The van der Waals surface area contributed by atoms with E-state index in [4.69, 9.17) is 9.47 Å². The van der Waals surface area contributed by atoms with Crippen molar-refractivity contribution < 1.29 is 14.3 Å². The number of nitrogens with zero attached hydrogens (tertiary/aromatic N) is 3. The number of carbonyl (C=O) groups excluding carboxylic acids is 1. The lowest BCUT2D eigenvalue weighted by Crippen LogP contribution is -2.47. The second-order valence-electron chi connectivity index (χ2n) is 7.60. The molecule has 1 aliphatic heterocycles. The number of aromatic nitrogens is 2. The lowest BCUT2D eigenvalue weighted by atomic mass is 10.1. The Kier molecular flexibility index (Phi) is 4.46. The van der Waals surface area contributed by atoms with Gasteiger partial charge in [-0.05, 0) is 24.1 Å². The zero-order valence-electron chi connectivity index (χ0n) is 16.3. The minimum atomic E-state index is -0.651. The van der Waals surface area contributed by atoms with Gasteiger partial charge in [0.25, 0.3) is 5.91 Å². The van der Waals surface area contributed by atoms with Crippen molar-refractivity contribution in [3.05, 3.63) is 78.4 Å². The summed E-state index contributed by atoms with van der Waals surface area (Å²) in [5, 5.41) is 0. The van der Waals surface area contributed by atoms with Gasteiger partial charge in [0.1, 0.15) is 12.4 Å². The van der Waals surface area contributed by atoms with Crippen LogP contribution in [0.3, 0.4) is 0 Å². The molecule has 1 aromatic heterocycles. The van der Waals surface area contributed by atoms with Crippen molar-refractivity contribution in [3.8, 4) is 11.5 Å². The number of imidazole rings is 1. The predicted molar refractivity (Wildman–Crippen MR) is 108 cm³/mol. The van der Waals surface area contributed by atoms with Gasteiger partial charge in [-0.1, -0.05) is 42.5 Å². The number of fused-ring (bicyclic) bond motifs is 1. The van der Waals surface area contributed by atoms with Crippen molar-refractivity contribution in [3.63, 3.8) is 0 Å². The number of ether oxygens (including phenoxy) is 2. The van der Waals surface area contributed by atoms with Crippen molar-refractivity contribution in [1.29, 1.82) is 0 Å². The fourth-order valence-electron chi connectivity index (χ4n) is 3.97. The molecule has 1 saturated carbocycles. The van der Waals surface area contributed by atoms with Crippen molar-refractivity contribution in [2.45, 2.75) is 31.0 Å². The molecule has 3 atom stereocenters. The van der Waals surface area contributed by atoms with E-state index in [1.165, 1.54) is 5.56 Å². The van der Waals surface area contributed by atoms with Crippen LogP contribution >= 0.6 is 0 Å². The first-order valence-electron chi connectivity index (χ1n) is 9.91. The van der Waals surface area contributed by atoms with Gasteiger partial charge < -0.3 is 18.9 Å². The fraction of sp³-hybridized carbons (Fsp3) is 0.304. The molecule has 2 aromatic carbocycles. The van der Waals surface area contributed by atoms with Crippen LogP contribution in [-0.2, 0) is 18.4 Å². The lowest BCUT2D eigenvalue weighted by Gasteiger charge is -2.31. The average Bonchev–Trinajstić information content (AvgIpc) is 3.46. The van der Waals surface area contributed by atoms with Gasteiger partial charge >= 0.3 is 0 Å². The van der Waals surface area contributed by atoms with Gasteiger partial charge in [0.05, 0.1) is 6.54 Å². The normalized spacial score (nSPS) is 22.2. The van der Waals surface area contributed by atoms with Crippen LogP contribution in [0.2, 0.25) is 0 Å². The summed E-state index contributed by atoms with van der Waals surface area (Å²) in [4.78, 5) is 19.8. The van der Waals surface area contributed by atoms with Crippen molar-refractivity contribution in [1.82, 2.24) is 14.5 Å². The summed E-state index contributed by atoms with van der Waals surface area (Å²) < 4.78 is 13.7. The third kappa shape index (κ3) is 3.46. The van der Waals surface area contributed by atoms with Crippen LogP contribution in [0.15, 0.2) is 67.0 Å². The van der Waals surface area contributed by atoms with Gasteiger partial charge in [-0.2, -0.15) is 0 Å². The molecule has 3 aromatic rings. The summed E-state index contributed by atoms with van der Waals surface area (Å²) in [7, 11) is 1.95. The zero-order chi connectivity index (χ0) is 19.8. The molecule has 1 fully saturated rings. The maximum absolute atomic E-state index is 13.5. The summed E-state index contributed by atoms with van der Waals surface area (Å²) in [5.74, 6) is 2.45. The minimum Gasteiger partial charge on any atom is -0.485 e. The Hall–Kier alpha value is -3.28. The predicted octanol–water partition coefficient (Wildman–Crippen LogP) is 3.14. The van der Waals surface area contributed by atoms with E-state index in [0.29, 0.717) is 24.0 Å². The van der Waals surface area contributed by atoms with Crippen LogP contribution < -0.4 is 9.47 Å². The van der Waals surface area contributed by atoms with Crippen LogP contribution in [0.25, 0.3) is 0 Å². The molecular formula is C23H23N3O3. The molecule has 1 amide bonds. The van der Waals surface area contributed by atoms with E-state index in [0.717, 1.165) is 12.2 Å². The van der Waals surface area contributed by atoms with Gasteiger partial charge in [-0.15, -0.1) is 0 Å². The second kappa shape index (κ2) is 7.28. The fourth-order valence-corrected chi connectivity index (χ4v) is 3.97. The maximum Gasteiger partial charge on any atom is 0.267 e. The first-order valence-corrected chi connectivity index (χ1v) is 9.91. The standard InChI is InChI=1S/C23H23N3O3/c1-25-12-11-24-22(25)14-26(18-13-17(18)16-7-3-2-4-8-16)23(27)21-15-28-19-9-5-6-10-20(19)29-21/h2-12,17-18,21H,13-15H2,1H3/t17-,18+,21+/m1/s1. The number of rotatable bonds is 5. The van der Waals surface area contributed by atoms with E-state index in [1.807, 2.05) is 65.2 Å².